The fraction of sp³-hybridized carbons (Fsp3) is 0.459. The number of anilines is 5. The van der Waals surface area contributed by atoms with E-state index in [4.69, 9.17) is 19.7 Å². The number of thiophene rings is 3. The van der Waals surface area contributed by atoms with Gasteiger partial charge in [-0.05, 0) is 212 Å². The summed E-state index contributed by atoms with van der Waals surface area (Å²) in [7, 11) is 0. The molecule has 10 aliphatic rings. The van der Waals surface area contributed by atoms with Crippen molar-refractivity contribution in [1.82, 2.24) is 5.32 Å². The molecule has 7 aromatic rings. The Morgan fingerprint density at radius 1 is 0.506 bits per heavy atom. The van der Waals surface area contributed by atoms with Crippen LogP contribution in [0.1, 0.15) is 138 Å². The maximum absolute atomic E-state index is 7.03. The smallest absolute Gasteiger partial charge is 0.102 e. The number of azo groups is 1. The number of rotatable bonds is 10. The van der Waals surface area contributed by atoms with Crippen LogP contribution in [0, 0.1) is 11.8 Å². The highest BCUT2D eigenvalue weighted by molar-refractivity contribution is 8.06. The third-order valence-corrected chi connectivity index (χ3v) is 29.0. The SMILES string of the molecule is CC1=CC2CNC1c1cc(-c3ccc(-c4ccc(N(c5ccccc5)c5ccccc5)s4)s3)sc1C1SC(C3CCC(C4CCC(N(c5ccccc5)c5ccccc5)S4)S3)CC1C1CCC1OCCCC/C=C/CCCCOC1CCC(CC1)/N=N/2. The van der Waals surface area contributed by atoms with Gasteiger partial charge in [0, 0.05) is 93.1 Å². The highest BCUT2D eigenvalue weighted by atomic mass is 32.2. The molecule has 7 nitrogen and oxygen atoms in total. The average molecular weight is 1270 g/mol. The van der Waals surface area contributed by atoms with Crippen molar-refractivity contribution in [2.45, 2.75) is 178 Å². The van der Waals surface area contributed by atoms with Crippen LogP contribution >= 0.6 is 69.3 Å². The molecule has 0 radical (unpaired) electrons. The Labute approximate surface area is 542 Å². The summed E-state index contributed by atoms with van der Waals surface area (Å²) in [6.45, 7) is 4.91. The van der Waals surface area contributed by atoms with Crippen molar-refractivity contribution in [2.24, 2.45) is 22.1 Å². The Balaban J connectivity index is 0.763. The third kappa shape index (κ3) is 14.1. The van der Waals surface area contributed by atoms with Crippen LogP contribution in [0.3, 0.4) is 0 Å². The van der Waals surface area contributed by atoms with Gasteiger partial charge < -0.3 is 24.6 Å². The monoisotopic (exact) mass is 1270 g/mol. The second kappa shape index (κ2) is 28.8. The van der Waals surface area contributed by atoms with E-state index in [2.05, 4.69) is 239 Å². The van der Waals surface area contributed by atoms with Crippen molar-refractivity contribution in [3.63, 3.8) is 0 Å². The second-order valence-corrected chi connectivity index (χ2v) is 32.8. The summed E-state index contributed by atoms with van der Waals surface area (Å²) in [5.74, 6) is 1.16. The van der Waals surface area contributed by atoms with Crippen LogP contribution in [0.2, 0.25) is 0 Å². The maximum atomic E-state index is 7.03. The first-order chi connectivity index (χ1) is 43.0. The van der Waals surface area contributed by atoms with Gasteiger partial charge in [0.15, 0.2) is 0 Å². The topological polar surface area (TPSA) is 61.7 Å². The summed E-state index contributed by atoms with van der Waals surface area (Å²) in [6.07, 6.45) is 28.2. The van der Waals surface area contributed by atoms with E-state index in [1.165, 1.54) is 116 Å². The quantitative estimate of drug-likeness (QED) is 0.136. The number of nitrogens with one attached hydrogen (secondary N) is 1. The van der Waals surface area contributed by atoms with E-state index in [1.54, 1.807) is 4.88 Å². The van der Waals surface area contributed by atoms with Crippen LogP contribution in [0.15, 0.2) is 186 Å². The molecule has 4 bridgehead atoms. The molecule has 13 heteroatoms. The third-order valence-electron chi connectivity index (χ3n) is 19.5. The summed E-state index contributed by atoms with van der Waals surface area (Å²) < 4.78 is 13.4. The van der Waals surface area contributed by atoms with Gasteiger partial charge in [0.05, 0.1) is 29.7 Å². The molecule has 3 saturated heterocycles. The van der Waals surface area contributed by atoms with Crippen LogP contribution in [-0.2, 0) is 9.47 Å². The van der Waals surface area contributed by atoms with Crippen LogP contribution in [0.25, 0.3) is 19.5 Å². The van der Waals surface area contributed by atoms with E-state index < -0.39 is 0 Å². The molecule has 87 heavy (non-hydrogen) atoms. The van der Waals surface area contributed by atoms with Crippen molar-refractivity contribution in [3.05, 3.63) is 186 Å². The molecular weight excluding hydrogens is 1180 g/mol. The highest BCUT2D eigenvalue weighted by Gasteiger charge is 2.52. The molecule has 2 saturated carbocycles. The summed E-state index contributed by atoms with van der Waals surface area (Å²) in [5, 5.41) is 19.0. The molecule has 0 amide bonds. The van der Waals surface area contributed by atoms with Crippen molar-refractivity contribution >= 4 is 97.0 Å². The maximum Gasteiger partial charge on any atom is 0.102 e. The number of benzene rings is 4. The molecule has 4 aromatic carbocycles. The van der Waals surface area contributed by atoms with E-state index in [1.807, 2.05) is 22.7 Å². The zero-order valence-corrected chi connectivity index (χ0v) is 55.3. The standard InChI is InChI=1S/C74H85N5O2S6/c1-50-46-52-49-75-72(50)60-48-69(67-39-37-63(83-67)65-41-43-71(85-65)79(55-26-16-10-17-27-55)56-28-18-11-19-29-56)87-74(60)73-59(58-34-35-61(58)81-45-21-7-5-3-2-4-6-20-44-80-57-32-30-51(31-33-57)76-77-52)47-68(86-73)66-38-36-62(82-66)64-40-42-70(84-64)78(53-22-12-8-13-23-53)54-24-14-9-15-25-54/h2-3,8-19,22-29,37,39,41,43,46,48,51-52,57-59,61-62,64,66,68,70,72-73,75H,4-7,20-21,30-36,38,40,42,44-45,47,49H2,1H3/b3-2+,77-76+. The van der Waals surface area contributed by atoms with Gasteiger partial charge in [-0.3, -0.25) is 0 Å². The molecule has 11 heterocycles. The van der Waals surface area contributed by atoms with Crippen molar-refractivity contribution in [2.75, 3.05) is 29.6 Å². The first-order valence-corrected chi connectivity index (χ1v) is 38.1. The lowest BCUT2D eigenvalue weighted by atomic mass is 9.69. The van der Waals surface area contributed by atoms with Crippen molar-refractivity contribution in [3.8, 4) is 19.5 Å². The van der Waals surface area contributed by atoms with Gasteiger partial charge in [-0.25, -0.2) is 0 Å². The molecule has 11 unspecified atom stereocenters. The molecule has 0 spiro atoms. The van der Waals surface area contributed by atoms with Crippen LogP contribution in [0.4, 0.5) is 27.8 Å². The van der Waals surface area contributed by atoms with E-state index in [0.717, 1.165) is 71.1 Å². The number of ether oxygens (including phenoxy) is 2. The highest BCUT2D eigenvalue weighted by Crippen LogP contribution is 2.63. The Bertz CT molecular complexity index is 3320. The first-order valence-electron chi connectivity index (χ1n) is 32.8. The van der Waals surface area contributed by atoms with Gasteiger partial charge >= 0.3 is 0 Å². The zero-order chi connectivity index (χ0) is 58.3. The predicted molar refractivity (Wildman–Crippen MR) is 376 cm³/mol. The largest absolute Gasteiger partial charge is 0.378 e. The van der Waals surface area contributed by atoms with Crippen LogP contribution < -0.4 is 15.1 Å². The minimum atomic E-state index is 0.0409. The Morgan fingerprint density at radius 3 is 1.76 bits per heavy atom. The number of hydrogen-bond donors (Lipinski definition) is 1. The molecule has 5 fully saturated rings. The number of para-hydroxylation sites is 4. The molecule has 11 atom stereocenters. The van der Waals surface area contributed by atoms with Gasteiger partial charge in [0.2, 0.25) is 0 Å². The van der Waals surface area contributed by atoms with Crippen molar-refractivity contribution < 1.29 is 9.47 Å². The lowest BCUT2D eigenvalue weighted by Crippen LogP contribution is -2.40. The minimum Gasteiger partial charge on any atom is -0.378 e. The summed E-state index contributed by atoms with van der Waals surface area (Å²) in [4.78, 5) is 12.0. The number of hydrogen-bond acceptors (Lipinski definition) is 13. The normalized spacial score (nSPS) is 30.7. The molecule has 2 aliphatic carbocycles. The van der Waals surface area contributed by atoms with E-state index >= 15 is 0 Å². The van der Waals surface area contributed by atoms with Gasteiger partial charge in [-0.15, -0.1) is 57.5 Å². The van der Waals surface area contributed by atoms with Gasteiger partial charge in [0.25, 0.3) is 0 Å². The predicted octanol–water partition coefficient (Wildman–Crippen LogP) is 21.6. The van der Waals surface area contributed by atoms with Gasteiger partial charge in [0.1, 0.15) is 11.0 Å². The lowest BCUT2D eigenvalue weighted by Gasteiger charge is -2.42. The van der Waals surface area contributed by atoms with Crippen molar-refractivity contribution in [1.29, 1.82) is 0 Å². The fourth-order valence-electron chi connectivity index (χ4n) is 14.8. The Morgan fingerprint density at radius 2 is 1.10 bits per heavy atom. The molecule has 3 aromatic heterocycles. The second-order valence-electron chi connectivity index (χ2n) is 25.2. The first kappa shape index (κ1) is 60.2. The zero-order valence-electron chi connectivity index (χ0n) is 50.4. The average Bonchev–Trinajstić information content (AvgIpc) is 3.13. The van der Waals surface area contributed by atoms with Gasteiger partial charge in [-0.2, -0.15) is 22.0 Å². The molecule has 1 N–H and O–H groups in total. The lowest BCUT2D eigenvalue weighted by molar-refractivity contribution is -0.0697. The molecule has 8 aliphatic heterocycles. The molecule has 454 valence electrons. The van der Waals surface area contributed by atoms with E-state index in [9.17, 15) is 0 Å². The van der Waals surface area contributed by atoms with E-state index in [0.29, 0.717) is 55.7 Å². The summed E-state index contributed by atoms with van der Waals surface area (Å²) in [5.41, 5.74) is 7.80. The Kier molecular flexibility index (Phi) is 19.9. The number of allylic oxidation sites excluding steroid dienone is 2. The van der Waals surface area contributed by atoms with Gasteiger partial charge in [-0.1, -0.05) is 96.6 Å². The molecule has 17 rings (SSSR count). The minimum absolute atomic E-state index is 0.0409. The summed E-state index contributed by atoms with van der Waals surface area (Å²) in [6, 6.07) is 56.4. The number of thioether (sulfide) groups is 3. The van der Waals surface area contributed by atoms with Crippen LogP contribution in [0.5, 0.6) is 0 Å². The molecular formula is C74H85N5O2S6. The van der Waals surface area contributed by atoms with Crippen LogP contribution in [-0.4, -0.2) is 70.4 Å². The number of nitrogens with zero attached hydrogens (tertiary/aromatic N) is 4. The summed E-state index contributed by atoms with van der Waals surface area (Å²) >= 11 is 13.0. The Hall–Kier alpha value is -4.41. The van der Waals surface area contributed by atoms with E-state index in [-0.39, 0.29) is 18.1 Å². The fourth-order valence-corrected chi connectivity index (χ4v) is 24.4.